The Bertz CT molecular complexity index is 722. The molecule has 2 aromatic carbocycles. The number of hydrogen-bond acceptors (Lipinski definition) is 4. The summed E-state index contributed by atoms with van der Waals surface area (Å²) in [6, 6.07) is 17.5. The molecule has 4 nitrogen and oxygen atoms in total. The first-order valence-corrected chi connectivity index (χ1v) is 6.91. The Hall–Kier alpha value is -2.30. The van der Waals surface area contributed by atoms with Crippen LogP contribution in [-0.4, -0.2) is 6.61 Å². The second-order valence-electron chi connectivity index (χ2n) is 4.99. The molecule has 0 aliphatic carbocycles. The van der Waals surface area contributed by atoms with Gasteiger partial charge in [0.05, 0.1) is 0 Å². The molecule has 3 rings (SSSR count). The minimum Gasteiger partial charge on any atom is -0.491 e. The third-order valence-corrected chi connectivity index (χ3v) is 3.46. The lowest BCUT2D eigenvalue weighted by atomic mass is 10.1. The van der Waals surface area contributed by atoms with Gasteiger partial charge in [-0.05, 0) is 30.7 Å². The van der Waals surface area contributed by atoms with Gasteiger partial charge in [-0.15, -0.1) is 0 Å². The molecule has 0 spiro atoms. The maximum atomic E-state index is 5.92. The normalized spacial score (nSPS) is 12.5. The van der Waals surface area contributed by atoms with Gasteiger partial charge in [0.1, 0.15) is 29.7 Å². The summed E-state index contributed by atoms with van der Waals surface area (Å²) in [4.78, 5) is 0. The van der Waals surface area contributed by atoms with E-state index in [2.05, 4.69) is 5.43 Å². The Morgan fingerprint density at radius 1 is 1.14 bits per heavy atom. The second kappa shape index (κ2) is 5.99. The van der Waals surface area contributed by atoms with E-state index in [4.69, 9.17) is 15.0 Å². The minimum absolute atomic E-state index is 0.197. The molecule has 0 bridgehead atoms. The van der Waals surface area contributed by atoms with E-state index in [1.54, 1.807) is 0 Å². The summed E-state index contributed by atoms with van der Waals surface area (Å²) in [5.74, 6) is 7.22. The van der Waals surface area contributed by atoms with Crippen LogP contribution in [0.25, 0.3) is 11.0 Å². The Morgan fingerprint density at radius 3 is 2.67 bits per heavy atom. The Labute approximate surface area is 123 Å². The van der Waals surface area contributed by atoms with Gasteiger partial charge in [0.25, 0.3) is 0 Å². The summed E-state index contributed by atoms with van der Waals surface area (Å²) >= 11 is 0. The van der Waals surface area contributed by atoms with Crippen LogP contribution in [0, 0.1) is 6.92 Å². The Balaban J connectivity index is 1.80. The van der Waals surface area contributed by atoms with Crippen molar-refractivity contribution in [3.8, 4) is 5.75 Å². The minimum atomic E-state index is -0.197. The zero-order chi connectivity index (χ0) is 14.7. The van der Waals surface area contributed by atoms with E-state index in [-0.39, 0.29) is 6.04 Å². The van der Waals surface area contributed by atoms with Crippen LogP contribution in [0.2, 0.25) is 0 Å². The predicted octanol–water partition coefficient (Wildman–Crippen LogP) is 3.32. The zero-order valence-corrected chi connectivity index (χ0v) is 11.9. The lowest BCUT2D eigenvalue weighted by Gasteiger charge is -2.14. The van der Waals surface area contributed by atoms with Crippen molar-refractivity contribution in [1.29, 1.82) is 0 Å². The average Bonchev–Trinajstić information content (AvgIpc) is 2.94. The molecule has 0 radical (unpaired) electrons. The highest BCUT2D eigenvalue weighted by atomic mass is 16.5. The van der Waals surface area contributed by atoms with Crippen LogP contribution < -0.4 is 16.0 Å². The van der Waals surface area contributed by atoms with Gasteiger partial charge in [0, 0.05) is 5.39 Å². The van der Waals surface area contributed by atoms with Crippen LogP contribution in [0.3, 0.4) is 0 Å². The van der Waals surface area contributed by atoms with Crippen molar-refractivity contribution in [2.24, 2.45) is 5.84 Å². The van der Waals surface area contributed by atoms with Crippen LogP contribution >= 0.6 is 0 Å². The summed E-state index contributed by atoms with van der Waals surface area (Å²) in [7, 11) is 0. The molecule has 3 aromatic rings. The summed E-state index contributed by atoms with van der Waals surface area (Å²) in [6.07, 6.45) is 0. The van der Waals surface area contributed by atoms with Crippen molar-refractivity contribution in [3.63, 3.8) is 0 Å². The number of ether oxygens (including phenoxy) is 1. The first-order valence-electron chi connectivity index (χ1n) is 6.91. The molecule has 1 aromatic heterocycles. The van der Waals surface area contributed by atoms with Crippen LogP contribution in [0.1, 0.15) is 17.4 Å². The highest BCUT2D eigenvalue weighted by Crippen LogP contribution is 2.26. The van der Waals surface area contributed by atoms with Crippen molar-refractivity contribution in [2.75, 3.05) is 6.61 Å². The molecule has 1 unspecified atom stereocenters. The van der Waals surface area contributed by atoms with E-state index in [1.165, 1.54) is 0 Å². The maximum absolute atomic E-state index is 5.92. The molecule has 1 heterocycles. The van der Waals surface area contributed by atoms with Gasteiger partial charge in [0.2, 0.25) is 0 Å². The Morgan fingerprint density at radius 2 is 1.95 bits per heavy atom. The lowest BCUT2D eigenvalue weighted by molar-refractivity contribution is 0.250. The van der Waals surface area contributed by atoms with E-state index in [0.717, 1.165) is 28.0 Å². The van der Waals surface area contributed by atoms with Gasteiger partial charge in [-0.2, -0.15) is 0 Å². The fourth-order valence-electron chi connectivity index (χ4n) is 2.31. The summed E-state index contributed by atoms with van der Waals surface area (Å²) < 4.78 is 11.7. The molecular weight excluding hydrogens is 264 g/mol. The van der Waals surface area contributed by atoms with Gasteiger partial charge >= 0.3 is 0 Å². The molecule has 4 heteroatoms. The number of nitrogens with one attached hydrogen (secondary N) is 1. The molecule has 108 valence electrons. The van der Waals surface area contributed by atoms with E-state index in [9.17, 15) is 0 Å². The van der Waals surface area contributed by atoms with E-state index in [1.807, 2.05) is 61.5 Å². The number of aryl methyl sites for hydroxylation is 1. The topological polar surface area (TPSA) is 60.4 Å². The average molecular weight is 282 g/mol. The van der Waals surface area contributed by atoms with Crippen LogP contribution in [-0.2, 0) is 0 Å². The number of nitrogens with two attached hydrogens (primary N) is 1. The largest absolute Gasteiger partial charge is 0.491 e. The molecule has 0 amide bonds. The Kier molecular flexibility index (Phi) is 3.90. The van der Waals surface area contributed by atoms with Gasteiger partial charge in [-0.25, -0.2) is 5.43 Å². The first kappa shape index (κ1) is 13.7. The first-order chi connectivity index (χ1) is 10.3. The maximum Gasteiger partial charge on any atom is 0.137 e. The highest BCUT2D eigenvalue weighted by Gasteiger charge is 2.16. The number of hydrogen-bond donors (Lipinski definition) is 2. The molecule has 0 aliphatic rings. The lowest BCUT2D eigenvalue weighted by Crippen LogP contribution is -2.32. The molecule has 3 N–H and O–H groups in total. The molecular formula is C17H18N2O2. The van der Waals surface area contributed by atoms with Crippen molar-refractivity contribution in [1.82, 2.24) is 5.43 Å². The van der Waals surface area contributed by atoms with E-state index >= 15 is 0 Å². The highest BCUT2D eigenvalue weighted by molar-refractivity contribution is 5.81. The second-order valence-corrected chi connectivity index (χ2v) is 4.99. The number of furan rings is 1. The smallest absolute Gasteiger partial charge is 0.137 e. The quantitative estimate of drug-likeness (QED) is 0.556. The number of para-hydroxylation sites is 2. The van der Waals surface area contributed by atoms with Gasteiger partial charge in [-0.1, -0.05) is 36.4 Å². The van der Waals surface area contributed by atoms with Crippen molar-refractivity contribution in [2.45, 2.75) is 13.0 Å². The number of hydrazine groups is 1. The van der Waals surface area contributed by atoms with Gasteiger partial charge in [-0.3, -0.25) is 5.84 Å². The van der Waals surface area contributed by atoms with Crippen molar-refractivity contribution >= 4 is 11.0 Å². The molecule has 0 aliphatic heterocycles. The van der Waals surface area contributed by atoms with Gasteiger partial charge < -0.3 is 9.15 Å². The van der Waals surface area contributed by atoms with Crippen molar-refractivity contribution in [3.05, 3.63) is 65.9 Å². The van der Waals surface area contributed by atoms with Crippen molar-refractivity contribution < 1.29 is 9.15 Å². The van der Waals surface area contributed by atoms with E-state index < -0.39 is 0 Å². The number of rotatable bonds is 5. The van der Waals surface area contributed by atoms with Crippen LogP contribution in [0.15, 0.2) is 59.0 Å². The van der Waals surface area contributed by atoms with Crippen LogP contribution in [0.5, 0.6) is 5.75 Å². The summed E-state index contributed by atoms with van der Waals surface area (Å²) in [5.41, 5.74) is 4.76. The summed E-state index contributed by atoms with van der Waals surface area (Å²) in [6.45, 7) is 2.43. The third-order valence-electron chi connectivity index (χ3n) is 3.46. The molecule has 0 fully saturated rings. The van der Waals surface area contributed by atoms with E-state index in [0.29, 0.717) is 6.61 Å². The standard InChI is InChI=1S/C17H18N2O2/c1-12-6-5-7-13-10-16(21-17(12)13)15(19-18)11-20-14-8-3-2-4-9-14/h2-10,15,19H,11,18H2,1H3. The molecule has 21 heavy (non-hydrogen) atoms. The zero-order valence-electron chi connectivity index (χ0n) is 11.9. The fourth-order valence-corrected chi connectivity index (χ4v) is 2.31. The van der Waals surface area contributed by atoms with Crippen LogP contribution in [0.4, 0.5) is 0 Å². The monoisotopic (exact) mass is 282 g/mol. The number of benzene rings is 2. The SMILES string of the molecule is Cc1cccc2cc(C(COc3ccccc3)NN)oc12. The third kappa shape index (κ3) is 2.91. The molecule has 1 atom stereocenters. The van der Waals surface area contributed by atoms with Gasteiger partial charge in [0.15, 0.2) is 0 Å². The molecule has 0 saturated carbocycles. The molecule has 0 saturated heterocycles. The fraction of sp³-hybridized carbons (Fsp3) is 0.176. The summed E-state index contributed by atoms with van der Waals surface area (Å²) in [5, 5.41) is 1.07. The number of fused-ring (bicyclic) bond motifs is 1. The predicted molar refractivity (Wildman–Crippen MR) is 83.0 cm³/mol.